The van der Waals surface area contributed by atoms with Crippen LogP contribution in [0, 0.1) is 5.82 Å². The summed E-state index contributed by atoms with van der Waals surface area (Å²) in [5, 5.41) is 3.23. The molecular formula is C17H18FN3O3. The van der Waals surface area contributed by atoms with Gasteiger partial charge in [-0.05, 0) is 37.6 Å². The molecule has 1 saturated heterocycles. The minimum atomic E-state index is -0.825. The number of halogens is 1. The molecule has 7 heteroatoms. The van der Waals surface area contributed by atoms with Gasteiger partial charge >= 0.3 is 0 Å². The largest absolute Gasteiger partial charge is 0.361 e. The summed E-state index contributed by atoms with van der Waals surface area (Å²) in [5.74, 6) is -1.42. The van der Waals surface area contributed by atoms with Crippen molar-refractivity contribution in [2.75, 3.05) is 0 Å². The second-order valence-corrected chi connectivity index (χ2v) is 6.20. The molecule has 0 aliphatic carbocycles. The Bertz CT molecular complexity index is 828. The summed E-state index contributed by atoms with van der Waals surface area (Å²) in [6.07, 6.45) is 1.63. The number of amides is 3. The molecule has 1 aliphatic heterocycles. The van der Waals surface area contributed by atoms with Gasteiger partial charge in [0.25, 0.3) is 5.91 Å². The van der Waals surface area contributed by atoms with Crippen molar-refractivity contribution >= 4 is 28.6 Å². The third-order valence-electron chi connectivity index (χ3n) is 4.12. The Hall–Kier alpha value is -2.70. The molecule has 0 spiro atoms. The van der Waals surface area contributed by atoms with Crippen molar-refractivity contribution in [2.45, 2.75) is 38.8 Å². The van der Waals surface area contributed by atoms with Gasteiger partial charge in [-0.1, -0.05) is 0 Å². The molecule has 126 valence electrons. The van der Waals surface area contributed by atoms with Crippen LogP contribution < -0.4 is 5.32 Å². The van der Waals surface area contributed by atoms with Crippen LogP contribution in [-0.4, -0.2) is 39.7 Å². The summed E-state index contributed by atoms with van der Waals surface area (Å²) in [4.78, 5) is 40.4. The number of aromatic nitrogens is 1. The fourth-order valence-corrected chi connectivity index (χ4v) is 3.02. The molecule has 0 radical (unpaired) electrons. The molecule has 0 bridgehead atoms. The third kappa shape index (κ3) is 2.89. The Balaban J connectivity index is 1.71. The van der Waals surface area contributed by atoms with Gasteiger partial charge in [0.1, 0.15) is 11.9 Å². The van der Waals surface area contributed by atoms with E-state index in [9.17, 15) is 18.8 Å². The minimum Gasteiger partial charge on any atom is -0.361 e. The first kappa shape index (κ1) is 16.2. The maximum absolute atomic E-state index is 13.4. The van der Waals surface area contributed by atoms with Crippen LogP contribution >= 0.6 is 0 Å². The number of hydrogen-bond acceptors (Lipinski definition) is 3. The highest BCUT2D eigenvalue weighted by Crippen LogP contribution is 2.20. The topological polar surface area (TPSA) is 82.3 Å². The van der Waals surface area contributed by atoms with Crippen LogP contribution in [0.5, 0.6) is 0 Å². The lowest BCUT2D eigenvalue weighted by Gasteiger charge is -2.19. The zero-order valence-corrected chi connectivity index (χ0v) is 13.4. The molecule has 3 rings (SSSR count). The SMILES string of the molecule is CC(C)N1C(=O)C[C@H](NC(=O)Cc2c[nH]c3ccc(F)cc23)C1=O. The van der Waals surface area contributed by atoms with Crippen molar-refractivity contribution in [1.29, 1.82) is 0 Å². The number of nitrogens with zero attached hydrogens (tertiary/aromatic N) is 1. The number of carbonyl (C=O) groups excluding carboxylic acids is 3. The van der Waals surface area contributed by atoms with Crippen molar-refractivity contribution < 1.29 is 18.8 Å². The first-order valence-corrected chi connectivity index (χ1v) is 7.77. The number of aromatic amines is 1. The number of rotatable bonds is 4. The molecule has 6 nitrogen and oxygen atoms in total. The minimum absolute atomic E-state index is 0.00308. The zero-order chi connectivity index (χ0) is 17.4. The Kier molecular flexibility index (Phi) is 4.09. The molecule has 2 N–H and O–H groups in total. The lowest BCUT2D eigenvalue weighted by Crippen LogP contribution is -2.44. The highest BCUT2D eigenvalue weighted by atomic mass is 19.1. The molecule has 1 aromatic carbocycles. The molecule has 24 heavy (non-hydrogen) atoms. The van der Waals surface area contributed by atoms with E-state index in [0.717, 1.165) is 5.52 Å². The third-order valence-corrected chi connectivity index (χ3v) is 4.12. The molecule has 1 aromatic heterocycles. The number of fused-ring (bicyclic) bond motifs is 1. The Labute approximate surface area is 138 Å². The van der Waals surface area contributed by atoms with Crippen LogP contribution in [0.15, 0.2) is 24.4 Å². The van der Waals surface area contributed by atoms with Gasteiger partial charge < -0.3 is 10.3 Å². The number of H-pyrrole nitrogens is 1. The fourth-order valence-electron chi connectivity index (χ4n) is 3.02. The van der Waals surface area contributed by atoms with Crippen LogP contribution in [0.3, 0.4) is 0 Å². The molecule has 2 aromatic rings. The van der Waals surface area contributed by atoms with E-state index in [1.54, 1.807) is 26.1 Å². The van der Waals surface area contributed by atoms with E-state index < -0.39 is 6.04 Å². The summed E-state index contributed by atoms with van der Waals surface area (Å²) >= 11 is 0. The molecule has 0 saturated carbocycles. The van der Waals surface area contributed by atoms with E-state index in [0.29, 0.717) is 10.9 Å². The van der Waals surface area contributed by atoms with Crippen molar-refractivity contribution in [3.63, 3.8) is 0 Å². The maximum Gasteiger partial charge on any atom is 0.252 e. The van der Waals surface area contributed by atoms with Gasteiger partial charge in [0.05, 0.1) is 12.8 Å². The summed E-state index contributed by atoms with van der Waals surface area (Å²) < 4.78 is 13.4. The summed E-state index contributed by atoms with van der Waals surface area (Å²) in [6.45, 7) is 3.50. The van der Waals surface area contributed by atoms with Gasteiger partial charge in [-0.25, -0.2) is 4.39 Å². The smallest absolute Gasteiger partial charge is 0.252 e. The van der Waals surface area contributed by atoms with Gasteiger partial charge in [-0.3, -0.25) is 19.3 Å². The summed E-state index contributed by atoms with van der Waals surface area (Å²) in [6, 6.07) is 3.24. The highest BCUT2D eigenvalue weighted by Gasteiger charge is 2.40. The lowest BCUT2D eigenvalue weighted by atomic mass is 10.1. The van der Waals surface area contributed by atoms with E-state index in [2.05, 4.69) is 10.3 Å². The van der Waals surface area contributed by atoms with Crippen molar-refractivity contribution in [1.82, 2.24) is 15.2 Å². The van der Waals surface area contributed by atoms with E-state index >= 15 is 0 Å². The summed E-state index contributed by atoms with van der Waals surface area (Å²) in [5.41, 5.74) is 1.37. The predicted molar refractivity (Wildman–Crippen MR) is 85.5 cm³/mol. The van der Waals surface area contributed by atoms with Crippen LogP contribution in [0.2, 0.25) is 0 Å². The average Bonchev–Trinajstić information content (AvgIpc) is 3.00. The van der Waals surface area contributed by atoms with Gasteiger partial charge in [-0.15, -0.1) is 0 Å². The number of likely N-dealkylation sites (tertiary alicyclic amines) is 1. The molecule has 3 amide bonds. The number of imide groups is 1. The van der Waals surface area contributed by atoms with E-state index in [-0.39, 0.29) is 42.4 Å². The number of benzene rings is 1. The van der Waals surface area contributed by atoms with E-state index in [1.165, 1.54) is 17.0 Å². The molecule has 2 heterocycles. The van der Waals surface area contributed by atoms with Gasteiger partial charge in [-0.2, -0.15) is 0 Å². The van der Waals surface area contributed by atoms with Crippen LogP contribution in [0.25, 0.3) is 10.9 Å². The Morgan fingerprint density at radius 3 is 2.83 bits per heavy atom. The second-order valence-electron chi connectivity index (χ2n) is 6.20. The van der Waals surface area contributed by atoms with Crippen LogP contribution in [0.4, 0.5) is 4.39 Å². The van der Waals surface area contributed by atoms with E-state index in [1.807, 2.05) is 0 Å². The first-order chi connectivity index (χ1) is 11.4. The molecule has 1 fully saturated rings. The monoisotopic (exact) mass is 331 g/mol. The van der Waals surface area contributed by atoms with Crippen molar-refractivity contribution in [2.24, 2.45) is 0 Å². The number of nitrogens with one attached hydrogen (secondary N) is 2. The normalized spacial score (nSPS) is 18.0. The molecule has 1 atom stereocenters. The van der Waals surface area contributed by atoms with Crippen LogP contribution in [-0.2, 0) is 20.8 Å². The maximum atomic E-state index is 13.4. The summed E-state index contributed by atoms with van der Waals surface area (Å²) in [7, 11) is 0. The van der Waals surface area contributed by atoms with Crippen molar-refractivity contribution in [3.05, 3.63) is 35.8 Å². The molecule has 0 unspecified atom stereocenters. The molecule has 1 aliphatic rings. The Morgan fingerprint density at radius 2 is 2.17 bits per heavy atom. The van der Waals surface area contributed by atoms with Gasteiger partial charge in [0.15, 0.2) is 0 Å². The van der Waals surface area contributed by atoms with E-state index in [4.69, 9.17) is 0 Å². The van der Waals surface area contributed by atoms with Gasteiger partial charge in [0.2, 0.25) is 11.8 Å². The number of hydrogen-bond donors (Lipinski definition) is 2. The Morgan fingerprint density at radius 1 is 1.42 bits per heavy atom. The molecular weight excluding hydrogens is 313 g/mol. The quantitative estimate of drug-likeness (QED) is 0.833. The first-order valence-electron chi connectivity index (χ1n) is 7.77. The fraction of sp³-hybridized carbons (Fsp3) is 0.353. The lowest BCUT2D eigenvalue weighted by molar-refractivity contribution is -0.141. The average molecular weight is 331 g/mol. The number of carbonyl (C=O) groups is 3. The second kappa shape index (κ2) is 6.07. The zero-order valence-electron chi connectivity index (χ0n) is 13.4. The highest BCUT2D eigenvalue weighted by molar-refractivity contribution is 6.07. The van der Waals surface area contributed by atoms with Crippen LogP contribution in [0.1, 0.15) is 25.8 Å². The predicted octanol–water partition coefficient (Wildman–Crippen LogP) is 1.50. The van der Waals surface area contributed by atoms with Crippen molar-refractivity contribution in [3.8, 4) is 0 Å². The van der Waals surface area contributed by atoms with Gasteiger partial charge in [0, 0.05) is 23.1 Å². The standard InChI is InChI=1S/C17H18FN3O3/c1-9(2)21-16(23)7-14(17(21)24)20-15(22)5-10-8-19-13-4-3-11(18)6-12(10)13/h3-4,6,8-9,14,19H,5,7H2,1-2H3,(H,20,22)/t14-/m0/s1.